The summed E-state index contributed by atoms with van der Waals surface area (Å²) in [6.07, 6.45) is 0.500. The van der Waals surface area contributed by atoms with Crippen LogP contribution >= 0.6 is 0 Å². The van der Waals surface area contributed by atoms with Gasteiger partial charge in [0, 0.05) is 13.0 Å². The molecule has 0 saturated carbocycles. The SMILES string of the molecule is CCOCCc1nnc(C(=O)OCC)o1. The highest BCUT2D eigenvalue weighted by atomic mass is 16.5. The van der Waals surface area contributed by atoms with Crippen molar-refractivity contribution in [2.45, 2.75) is 20.3 Å². The Morgan fingerprint density at radius 2 is 2.13 bits per heavy atom. The first-order chi connectivity index (χ1) is 7.27. The summed E-state index contributed by atoms with van der Waals surface area (Å²) in [5, 5.41) is 7.26. The number of hydrogen-bond donors (Lipinski definition) is 0. The van der Waals surface area contributed by atoms with Crippen LogP contribution in [0.4, 0.5) is 0 Å². The van der Waals surface area contributed by atoms with Gasteiger partial charge in [0.2, 0.25) is 5.89 Å². The van der Waals surface area contributed by atoms with Crippen LogP contribution in [0.2, 0.25) is 0 Å². The summed E-state index contributed by atoms with van der Waals surface area (Å²) < 4.78 is 14.9. The summed E-state index contributed by atoms with van der Waals surface area (Å²) in [6, 6.07) is 0. The molecule has 0 aliphatic rings. The van der Waals surface area contributed by atoms with Gasteiger partial charge in [0.15, 0.2) is 0 Å². The van der Waals surface area contributed by atoms with E-state index in [0.717, 1.165) is 0 Å². The zero-order valence-electron chi connectivity index (χ0n) is 8.86. The Morgan fingerprint density at radius 1 is 1.33 bits per heavy atom. The smallest absolute Gasteiger partial charge is 0.396 e. The van der Waals surface area contributed by atoms with E-state index in [2.05, 4.69) is 10.2 Å². The molecule has 1 rings (SSSR count). The second kappa shape index (κ2) is 6.13. The van der Waals surface area contributed by atoms with E-state index in [1.807, 2.05) is 6.92 Å². The average Bonchev–Trinajstić information content (AvgIpc) is 2.67. The van der Waals surface area contributed by atoms with Gasteiger partial charge in [-0.1, -0.05) is 0 Å². The Hall–Kier alpha value is -1.43. The maximum absolute atomic E-state index is 11.1. The molecule has 84 valence electrons. The fourth-order valence-corrected chi connectivity index (χ4v) is 0.934. The fraction of sp³-hybridized carbons (Fsp3) is 0.667. The molecule has 0 radical (unpaired) electrons. The van der Waals surface area contributed by atoms with Crippen molar-refractivity contribution in [3.8, 4) is 0 Å². The molecule has 0 amide bonds. The van der Waals surface area contributed by atoms with Gasteiger partial charge in [-0.3, -0.25) is 0 Å². The topological polar surface area (TPSA) is 74.5 Å². The Bertz CT molecular complexity index is 311. The molecule has 1 aromatic rings. The first kappa shape index (κ1) is 11.6. The Kier molecular flexibility index (Phi) is 4.76. The molecule has 0 aromatic carbocycles. The second-order valence-electron chi connectivity index (χ2n) is 2.67. The molecular weight excluding hydrogens is 200 g/mol. The first-order valence-corrected chi connectivity index (χ1v) is 4.85. The van der Waals surface area contributed by atoms with Crippen LogP contribution in [-0.4, -0.2) is 36.0 Å². The maximum atomic E-state index is 11.1. The van der Waals surface area contributed by atoms with Crippen molar-refractivity contribution in [2.24, 2.45) is 0 Å². The summed E-state index contributed by atoms with van der Waals surface area (Å²) in [6.45, 7) is 5.04. The van der Waals surface area contributed by atoms with Gasteiger partial charge in [0.05, 0.1) is 13.2 Å². The van der Waals surface area contributed by atoms with E-state index in [9.17, 15) is 4.79 Å². The van der Waals surface area contributed by atoms with E-state index >= 15 is 0 Å². The number of esters is 1. The lowest BCUT2D eigenvalue weighted by atomic mass is 10.5. The van der Waals surface area contributed by atoms with Crippen molar-refractivity contribution in [2.75, 3.05) is 19.8 Å². The third kappa shape index (κ3) is 3.67. The van der Waals surface area contributed by atoms with Gasteiger partial charge in [0.1, 0.15) is 0 Å². The zero-order chi connectivity index (χ0) is 11.1. The van der Waals surface area contributed by atoms with Crippen LogP contribution in [0.25, 0.3) is 0 Å². The van der Waals surface area contributed by atoms with Crippen molar-refractivity contribution in [1.82, 2.24) is 10.2 Å². The molecule has 6 heteroatoms. The first-order valence-electron chi connectivity index (χ1n) is 4.85. The summed E-state index contributed by atoms with van der Waals surface area (Å²) in [5.41, 5.74) is 0. The number of aromatic nitrogens is 2. The summed E-state index contributed by atoms with van der Waals surface area (Å²) in [4.78, 5) is 11.1. The molecule has 15 heavy (non-hydrogen) atoms. The van der Waals surface area contributed by atoms with Crippen molar-refractivity contribution in [3.63, 3.8) is 0 Å². The molecule has 0 bridgehead atoms. The lowest BCUT2D eigenvalue weighted by molar-refractivity contribution is 0.0477. The number of hydrogen-bond acceptors (Lipinski definition) is 6. The number of carbonyl (C=O) groups excluding carboxylic acids is 1. The largest absolute Gasteiger partial charge is 0.459 e. The number of nitrogens with zero attached hydrogens (tertiary/aromatic N) is 2. The highest BCUT2D eigenvalue weighted by Crippen LogP contribution is 2.02. The van der Waals surface area contributed by atoms with Gasteiger partial charge < -0.3 is 13.9 Å². The Labute approximate surface area is 87.6 Å². The van der Waals surface area contributed by atoms with Crippen LogP contribution in [-0.2, 0) is 15.9 Å². The molecule has 0 N–H and O–H groups in total. The van der Waals surface area contributed by atoms with Crippen molar-refractivity contribution < 1.29 is 18.7 Å². The molecule has 0 aliphatic heterocycles. The monoisotopic (exact) mass is 214 g/mol. The minimum atomic E-state index is -0.590. The van der Waals surface area contributed by atoms with Crippen LogP contribution in [0.3, 0.4) is 0 Å². The Morgan fingerprint density at radius 3 is 2.80 bits per heavy atom. The third-order valence-electron chi connectivity index (χ3n) is 1.58. The molecule has 0 saturated heterocycles. The molecule has 1 heterocycles. The second-order valence-corrected chi connectivity index (χ2v) is 2.67. The van der Waals surface area contributed by atoms with Crippen molar-refractivity contribution >= 4 is 5.97 Å². The Balaban J connectivity index is 2.45. The fourth-order valence-electron chi connectivity index (χ4n) is 0.934. The quantitative estimate of drug-likeness (QED) is 0.515. The highest BCUT2D eigenvalue weighted by Gasteiger charge is 2.15. The standard InChI is InChI=1S/C9H14N2O4/c1-3-13-6-5-7-10-11-8(15-7)9(12)14-4-2/h3-6H2,1-2H3. The molecule has 0 aliphatic carbocycles. The molecule has 0 fully saturated rings. The minimum Gasteiger partial charge on any atom is -0.459 e. The zero-order valence-corrected chi connectivity index (χ0v) is 8.86. The predicted octanol–water partition coefficient (Wildman–Crippen LogP) is 0.825. The van der Waals surface area contributed by atoms with E-state index < -0.39 is 5.97 Å². The lowest BCUT2D eigenvalue weighted by Crippen LogP contribution is -2.04. The van der Waals surface area contributed by atoms with Crippen molar-refractivity contribution in [1.29, 1.82) is 0 Å². The summed E-state index contributed by atoms with van der Waals surface area (Å²) in [5.74, 6) is -0.317. The maximum Gasteiger partial charge on any atom is 0.396 e. The van der Waals surface area contributed by atoms with E-state index in [1.165, 1.54) is 0 Å². The summed E-state index contributed by atoms with van der Waals surface area (Å²) >= 11 is 0. The summed E-state index contributed by atoms with van der Waals surface area (Å²) in [7, 11) is 0. The van der Waals surface area contributed by atoms with Gasteiger partial charge in [-0.05, 0) is 13.8 Å². The van der Waals surface area contributed by atoms with Gasteiger partial charge >= 0.3 is 11.9 Å². The van der Waals surface area contributed by atoms with Crippen LogP contribution in [0.1, 0.15) is 30.4 Å². The highest BCUT2D eigenvalue weighted by molar-refractivity contribution is 5.83. The van der Waals surface area contributed by atoms with Crippen LogP contribution < -0.4 is 0 Å². The van der Waals surface area contributed by atoms with E-state index in [4.69, 9.17) is 13.9 Å². The molecule has 0 atom stereocenters. The number of ether oxygens (including phenoxy) is 2. The number of rotatable bonds is 6. The number of carbonyl (C=O) groups is 1. The van der Waals surface area contributed by atoms with E-state index in [1.54, 1.807) is 6.92 Å². The molecule has 1 aromatic heterocycles. The van der Waals surface area contributed by atoms with Gasteiger partial charge in [0.25, 0.3) is 0 Å². The van der Waals surface area contributed by atoms with Crippen LogP contribution in [0.15, 0.2) is 4.42 Å². The van der Waals surface area contributed by atoms with E-state index in [-0.39, 0.29) is 12.5 Å². The minimum absolute atomic E-state index is 0.108. The van der Waals surface area contributed by atoms with Crippen LogP contribution in [0, 0.1) is 0 Å². The molecular formula is C9H14N2O4. The van der Waals surface area contributed by atoms with Gasteiger partial charge in [-0.25, -0.2) is 4.79 Å². The van der Waals surface area contributed by atoms with E-state index in [0.29, 0.717) is 25.5 Å². The third-order valence-corrected chi connectivity index (χ3v) is 1.58. The molecule has 6 nitrogen and oxygen atoms in total. The normalized spacial score (nSPS) is 10.3. The lowest BCUT2D eigenvalue weighted by Gasteiger charge is -1.96. The molecule has 0 unspecified atom stereocenters. The van der Waals surface area contributed by atoms with Crippen molar-refractivity contribution in [3.05, 3.63) is 11.8 Å². The van der Waals surface area contributed by atoms with Gasteiger partial charge in [-0.2, -0.15) is 0 Å². The van der Waals surface area contributed by atoms with Gasteiger partial charge in [-0.15, -0.1) is 10.2 Å². The predicted molar refractivity (Wildman–Crippen MR) is 50.5 cm³/mol. The van der Waals surface area contributed by atoms with Crippen LogP contribution in [0.5, 0.6) is 0 Å². The average molecular weight is 214 g/mol. The molecule has 0 spiro atoms.